The number of carbonyl (C=O) groups excluding carboxylic acids is 2. The lowest BCUT2D eigenvalue weighted by Gasteiger charge is -2.60. The second-order valence-electron chi connectivity index (χ2n) is 10.3. The average molecular weight is 546 g/mol. The van der Waals surface area contributed by atoms with Crippen molar-refractivity contribution in [2.75, 3.05) is 26.7 Å². The molecule has 1 saturated carbocycles. The number of benzene rings is 2. The number of carbonyl (C=O) groups is 2. The third kappa shape index (κ3) is 5.52. The maximum atomic E-state index is 13.4. The summed E-state index contributed by atoms with van der Waals surface area (Å²) in [7, 11) is 1.84. The van der Waals surface area contributed by atoms with E-state index in [1.807, 2.05) is 36.2 Å². The molecule has 4 rings (SSSR count). The highest BCUT2D eigenvalue weighted by Crippen LogP contribution is 2.54. The van der Waals surface area contributed by atoms with Gasteiger partial charge in [-0.05, 0) is 67.6 Å². The molecule has 2 aromatic rings. The van der Waals surface area contributed by atoms with Gasteiger partial charge in [0.1, 0.15) is 11.4 Å². The van der Waals surface area contributed by atoms with Gasteiger partial charge in [-0.1, -0.05) is 47.5 Å². The molecule has 0 aromatic heterocycles. The Labute approximate surface area is 228 Å². The quantitative estimate of drug-likeness (QED) is 0.374. The van der Waals surface area contributed by atoms with Crippen molar-refractivity contribution in [1.29, 1.82) is 0 Å². The molecule has 0 radical (unpaired) electrons. The number of hydrogen-bond donors (Lipinski definition) is 1. The number of halogens is 2. The van der Waals surface area contributed by atoms with Crippen LogP contribution in [0.5, 0.6) is 5.75 Å². The number of fused-ring (bicyclic) bond motifs is 1. The predicted octanol–water partition coefficient (Wildman–Crippen LogP) is 5.38. The summed E-state index contributed by atoms with van der Waals surface area (Å²) in [6.07, 6.45) is 4.72. The number of likely N-dealkylation sites (tertiary alicyclic amines) is 1. The van der Waals surface area contributed by atoms with Crippen LogP contribution in [0.4, 0.5) is 0 Å². The Kier molecular flexibility index (Phi) is 8.22. The molecule has 2 fully saturated rings. The van der Waals surface area contributed by atoms with Crippen LogP contribution in [0.1, 0.15) is 43.7 Å². The zero-order chi connectivity index (χ0) is 26.8. The van der Waals surface area contributed by atoms with Crippen molar-refractivity contribution in [2.45, 2.75) is 56.1 Å². The van der Waals surface area contributed by atoms with Gasteiger partial charge in [0.2, 0.25) is 5.91 Å². The third-order valence-corrected chi connectivity index (χ3v) is 8.82. The SMILES string of the molecule is C=CCN1CC[C@@]2(c3cccc(O)c3)C[C@H](N(C)C(=O)Cc3ccc(Cl)c(Cl)c3)CC[C@]2(OC(C)=O)C1. The van der Waals surface area contributed by atoms with E-state index in [2.05, 4.69) is 11.5 Å². The summed E-state index contributed by atoms with van der Waals surface area (Å²) < 4.78 is 6.24. The minimum atomic E-state index is -0.780. The number of likely N-dealkylation sites (N-methyl/N-ethyl adjacent to an activating group) is 1. The van der Waals surface area contributed by atoms with E-state index >= 15 is 0 Å². The van der Waals surface area contributed by atoms with E-state index in [9.17, 15) is 14.7 Å². The highest BCUT2D eigenvalue weighted by Gasteiger charge is 2.61. The van der Waals surface area contributed by atoms with Gasteiger partial charge in [-0.2, -0.15) is 0 Å². The van der Waals surface area contributed by atoms with Crippen LogP contribution >= 0.6 is 23.2 Å². The Morgan fingerprint density at radius 3 is 2.68 bits per heavy atom. The normalized spacial score (nSPS) is 25.7. The van der Waals surface area contributed by atoms with Gasteiger partial charge in [0, 0.05) is 38.5 Å². The molecular formula is C29H34Cl2N2O4. The lowest BCUT2D eigenvalue weighted by Crippen LogP contribution is -2.68. The van der Waals surface area contributed by atoms with Gasteiger partial charge in [-0.25, -0.2) is 0 Å². The van der Waals surface area contributed by atoms with E-state index in [0.29, 0.717) is 42.4 Å². The van der Waals surface area contributed by atoms with Crippen LogP contribution in [0, 0.1) is 0 Å². The van der Waals surface area contributed by atoms with E-state index in [1.165, 1.54) is 6.92 Å². The molecule has 1 aliphatic carbocycles. The van der Waals surface area contributed by atoms with E-state index in [1.54, 1.807) is 24.3 Å². The molecule has 2 aliphatic rings. The second kappa shape index (κ2) is 11.1. The summed E-state index contributed by atoms with van der Waals surface area (Å²) in [6.45, 7) is 7.40. The van der Waals surface area contributed by atoms with E-state index < -0.39 is 11.0 Å². The van der Waals surface area contributed by atoms with E-state index in [4.69, 9.17) is 27.9 Å². The van der Waals surface area contributed by atoms with Crippen LogP contribution in [0.15, 0.2) is 55.1 Å². The topological polar surface area (TPSA) is 70.1 Å². The molecule has 1 aliphatic heterocycles. The lowest BCUT2D eigenvalue weighted by molar-refractivity contribution is -0.189. The first-order valence-electron chi connectivity index (χ1n) is 12.6. The molecular weight excluding hydrogens is 511 g/mol. The third-order valence-electron chi connectivity index (χ3n) is 8.08. The molecule has 0 unspecified atom stereocenters. The van der Waals surface area contributed by atoms with Crippen LogP contribution in [0.25, 0.3) is 0 Å². The molecule has 1 amide bonds. The molecule has 2 aromatic carbocycles. The minimum Gasteiger partial charge on any atom is -0.508 e. The zero-order valence-electron chi connectivity index (χ0n) is 21.4. The summed E-state index contributed by atoms with van der Waals surface area (Å²) >= 11 is 12.2. The number of aromatic hydroxyl groups is 1. The van der Waals surface area contributed by atoms with Crippen molar-refractivity contribution >= 4 is 35.1 Å². The van der Waals surface area contributed by atoms with E-state index in [0.717, 1.165) is 24.1 Å². The fraction of sp³-hybridized carbons (Fsp3) is 0.448. The maximum absolute atomic E-state index is 13.4. The summed E-state index contributed by atoms with van der Waals surface area (Å²) in [4.78, 5) is 29.9. The number of nitrogens with zero attached hydrogens (tertiary/aromatic N) is 2. The Bertz CT molecular complexity index is 1190. The number of esters is 1. The number of hydrogen-bond acceptors (Lipinski definition) is 5. The standard InChI is InChI=1S/C29H34Cl2N2O4/c1-4-13-33-14-12-28(22-6-5-7-24(35)17-22)18-23(10-11-29(28,19-33)37-20(2)34)32(3)27(36)16-21-8-9-25(30)26(31)15-21/h4-9,15,17,23,35H,1,10-14,16,18-19H2,2-3H3/t23-,28+,29+/m1/s1. The largest absolute Gasteiger partial charge is 0.508 e. The number of phenols is 1. The van der Waals surface area contributed by atoms with Crippen LogP contribution in [-0.4, -0.2) is 65.1 Å². The number of phenolic OH excluding ortho intramolecular Hbond substituents is 1. The molecule has 0 spiro atoms. The van der Waals surface area contributed by atoms with Crippen LogP contribution in [0.2, 0.25) is 10.0 Å². The van der Waals surface area contributed by atoms with Crippen molar-refractivity contribution in [3.05, 3.63) is 76.3 Å². The first-order valence-corrected chi connectivity index (χ1v) is 13.4. The fourth-order valence-corrected chi connectivity index (χ4v) is 6.61. The number of rotatable bonds is 7. The van der Waals surface area contributed by atoms with Gasteiger partial charge in [-0.15, -0.1) is 6.58 Å². The van der Waals surface area contributed by atoms with Gasteiger partial charge in [0.15, 0.2) is 0 Å². The minimum absolute atomic E-state index is 0.0153. The lowest BCUT2D eigenvalue weighted by atomic mass is 9.55. The second-order valence-corrected chi connectivity index (χ2v) is 11.1. The summed E-state index contributed by atoms with van der Waals surface area (Å²) in [5.41, 5.74) is 0.396. The zero-order valence-corrected chi connectivity index (χ0v) is 22.9. The predicted molar refractivity (Wildman–Crippen MR) is 146 cm³/mol. The average Bonchev–Trinajstić information content (AvgIpc) is 2.85. The Morgan fingerprint density at radius 2 is 2.00 bits per heavy atom. The Hall–Kier alpha value is -2.54. The highest BCUT2D eigenvalue weighted by molar-refractivity contribution is 6.42. The number of amides is 1. The molecule has 1 heterocycles. The van der Waals surface area contributed by atoms with Crippen LogP contribution in [-0.2, 0) is 26.2 Å². The van der Waals surface area contributed by atoms with Gasteiger partial charge in [0.25, 0.3) is 0 Å². The maximum Gasteiger partial charge on any atom is 0.303 e. The molecule has 0 bridgehead atoms. The summed E-state index contributed by atoms with van der Waals surface area (Å²) in [5.74, 6) is -0.172. The Balaban J connectivity index is 1.68. The van der Waals surface area contributed by atoms with Crippen LogP contribution < -0.4 is 0 Å². The van der Waals surface area contributed by atoms with Crippen molar-refractivity contribution in [3.63, 3.8) is 0 Å². The van der Waals surface area contributed by atoms with Gasteiger partial charge in [-0.3, -0.25) is 14.5 Å². The smallest absolute Gasteiger partial charge is 0.303 e. The fourth-order valence-electron chi connectivity index (χ4n) is 6.29. The molecule has 1 N–H and O–H groups in total. The first-order chi connectivity index (χ1) is 17.6. The van der Waals surface area contributed by atoms with Crippen molar-refractivity contribution in [1.82, 2.24) is 9.80 Å². The van der Waals surface area contributed by atoms with E-state index in [-0.39, 0.29) is 30.1 Å². The molecule has 37 heavy (non-hydrogen) atoms. The molecule has 198 valence electrons. The molecule has 6 nitrogen and oxygen atoms in total. The summed E-state index contributed by atoms with van der Waals surface area (Å²) in [5, 5.41) is 11.3. The number of ether oxygens (including phenoxy) is 1. The molecule has 1 saturated heterocycles. The summed E-state index contributed by atoms with van der Waals surface area (Å²) in [6, 6.07) is 12.4. The van der Waals surface area contributed by atoms with Gasteiger partial charge < -0.3 is 14.7 Å². The van der Waals surface area contributed by atoms with Crippen molar-refractivity contribution in [3.8, 4) is 5.75 Å². The Morgan fingerprint density at radius 1 is 1.22 bits per heavy atom. The number of piperidine rings is 1. The molecule has 8 heteroatoms. The van der Waals surface area contributed by atoms with Gasteiger partial charge in [0.05, 0.1) is 16.5 Å². The highest BCUT2D eigenvalue weighted by atomic mass is 35.5. The van der Waals surface area contributed by atoms with Crippen molar-refractivity contribution < 1.29 is 19.4 Å². The van der Waals surface area contributed by atoms with Gasteiger partial charge >= 0.3 is 5.97 Å². The monoisotopic (exact) mass is 544 g/mol. The molecule has 3 atom stereocenters. The first kappa shape index (κ1) is 27.5. The van der Waals surface area contributed by atoms with Crippen molar-refractivity contribution in [2.24, 2.45) is 0 Å². The van der Waals surface area contributed by atoms with Crippen LogP contribution in [0.3, 0.4) is 0 Å².